The molecular formula is C11H19N3OS. The van der Waals surface area contributed by atoms with Crippen LogP contribution in [0.15, 0.2) is 5.51 Å². The number of nitrogens with two attached hydrogens (primary N) is 1. The zero-order valence-electron chi connectivity index (χ0n) is 9.90. The summed E-state index contributed by atoms with van der Waals surface area (Å²) < 4.78 is 0. The molecule has 0 radical (unpaired) electrons. The van der Waals surface area contributed by atoms with Crippen molar-refractivity contribution in [3.8, 4) is 0 Å². The number of thiazole rings is 1. The minimum absolute atomic E-state index is 0.182. The second kappa shape index (κ2) is 6.60. The van der Waals surface area contributed by atoms with Crippen LogP contribution in [0.25, 0.3) is 0 Å². The first kappa shape index (κ1) is 13.1. The third kappa shape index (κ3) is 3.90. The molecule has 5 heteroatoms. The Hall–Kier alpha value is -0.940. The van der Waals surface area contributed by atoms with Gasteiger partial charge in [-0.25, -0.2) is 4.98 Å². The lowest BCUT2D eigenvalue weighted by molar-refractivity contribution is -0.130. The standard InChI is InChI=1S/C11H19N3OS/c1-9-10(16-8-13-9)7-14(2)11(15)5-3-4-6-12/h8H,3-7,12H2,1-2H3. The average Bonchev–Trinajstić information content (AvgIpc) is 2.64. The Bertz CT molecular complexity index is 338. The molecule has 1 amide bonds. The maximum atomic E-state index is 11.7. The van der Waals surface area contributed by atoms with Crippen molar-refractivity contribution in [2.75, 3.05) is 13.6 Å². The molecule has 0 fully saturated rings. The number of nitrogens with zero attached hydrogens (tertiary/aromatic N) is 2. The Morgan fingerprint density at radius 2 is 2.31 bits per heavy atom. The van der Waals surface area contributed by atoms with Crippen LogP contribution in [0, 0.1) is 6.92 Å². The number of carbonyl (C=O) groups excluding carboxylic acids is 1. The predicted octanol–water partition coefficient (Wildman–Crippen LogP) is 1.54. The van der Waals surface area contributed by atoms with Gasteiger partial charge in [0.05, 0.1) is 17.7 Å². The number of aryl methyl sites for hydroxylation is 1. The van der Waals surface area contributed by atoms with Crippen LogP contribution in [-0.4, -0.2) is 29.4 Å². The van der Waals surface area contributed by atoms with Crippen molar-refractivity contribution in [1.29, 1.82) is 0 Å². The lowest BCUT2D eigenvalue weighted by Crippen LogP contribution is -2.25. The fourth-order valence-corrected chi connectivity index (χ4v) is 2.22. The smallest absolute Gasteiger partial charge is 0.222 e. The van der Waals surface area contributed by atoms with Gasteiger partial charge in [0.2, 0.25) is 5.91 Å². The second-order valence-electron chi connectivity index (χ2n) is 3.86. The molecule has 90 valence electrons. The number of rotatable bonds is 6. The van der Waals surface area contributed by atoms with E-state index >= 15 is 0 Å². The van der Waals surface area contributed by atoms with Crippen molar-refractivity contribution in [3.05, 3.63) is 16.1 Å². The molecule has 16 heavy (non-hydrogen) atoms. The molecule has 0 aliphatic rings. The molecule has 1 aromatic heterocycles. The van der Waals surface area contributed by atoms with E-state index in [4.69, 9.17) is 5.73 Å². The highest BCUT2D eigenvalue weighted by Crippen LogP contribution is 2.14. The second-order valence-corrected chi connectivity index (χ2v) is 4.80. The summed E-state index contributed by atoms with van der Waals surface area (Å²) in [5.74, 6) is 0.182. The van der Waals surface area contributed by atoms with Crippen molar-refractivity contribution in [2.24, 2.45) is 5.73 Å². The van der Waals surface area contributed by atoms with Crippen molar-refractivity contribution in [1.82, 2.24) is 9.88 Å². The van der Waals surface area contributed by atoms with Crippen LogP contribution in [0.5, 0.6) is 0 Å². The van der Waals surface area contributed by atoms with Gasteiger partial charge in [-0.1, -0.05) is 0 Å². The van der Waals surface area contributed by atoms with Crippen LogP contribution in [0.3, 0.4) is 0 Å². The number of hydrogen-bond donors (Lipinski definition) is 1. The number of hydrogen-bond acceptors (Lipinski definition) is 4. The average molecular weight is 241 g/mol. The van der Waals surface area contributed by atoms with Crippen molar-refractivity contribution < 1.29 is 4.79 Å². The molecule has 0 aliphatic carbocycles. The van der Waals surface area contributed by atoms with E-state index in [1.807, 2.05) is 19.5 Å². The van der Waals surface area contributed by atoms with Gasteiger partial charge in [0.25, 0.3) is 0 Å². The molecule has 0 spiro atoms. The van der Waals surface area contributed by atoms with Gasteiger partial charge in [-0.15, -0.1) is 11.3 Å². The number of carbonyl (C=O) groups is 1. The first-order valence-corrected chi connectivity index (χ1v) is 6.36. The van der Waals surface area contributed by atoms with Crippen molar-refractivity contribution in [3.63, 3.8) is 0 Å². The van der Waals surface area contributed by atoms with Crippen LogP contribution in [0.1, 0.15) is 29.8 Å². The lowest BCUT2D eigenvalue weighted by atomic mass is 10.2. The molecule has 1 heterocycles. The van der Waals surface area contributed by atoms with E-state index in [1.165, 1.54) is 0 Å². The molecule has 2 N–H and O–H groups in total. The van der Waals surface area contributed by atoms with Gasteiger partial charge in [0.1, 0.15) is 0 Å². The highest BCUT2D eigenvalue weighted by atomic mass is 32.1. The summed E-state index contributed by atoms with van der Waals surface area (Å²) in [5, 5.41) is 0. The van der Waals surface area contributed by atoms with Gasteiger partial charge in [-0.2, -0.15) is 0 Å². The fraction of sp³-hybridized carbons (Fsp3) is 0.636. The predicted molar refractivity (Wildman–Crippen MR) is 66.2 cm³/mol. The Morgan fingerprint density at radius 1 is 1.56 bits per heavy atom. The number of aromatic nitrogens is 1. The zero-order valence-corrected chi connectivity index (χ0v) is 10.7. The molecule has 0 unspecified atom stereocenters. The highest BCUT2D eigenvalue weighted by molar-refractivity contribution is 7.09. The van der Waals surface area contributed by atoms with E-state index in [2.05, 4.69) is 4.98 Å². The van der Waals surface area contributed by atoms with Gasteiger partial charge in [-0.05, 0) is 26.3 Å². The maximum Gasteiger partial charge on any atom is 0.222 e. The van der Waals surface area contributed by atoms with Crippen LogP contribution in [0.4, 0.5) is 0 Å². The van der Waals surface area contributed by atoms with Crippen LogP contribution < -0.4 is 5.73 Å². The molecular weight excluding hydrogens is 222 g/mol. The molecule has 0 saturated heterocycles. The Morgan fingerprint density at radius 3 is 2.88 bits per heavy atom. The molecule has 0 bridgehead atoms. The first-order valence-electron chi connectivity index (χ1n) is 5.48. The van der Waals surface area contributed by atoms with Gasteiger partial charge in [0.15, 0.2) is 0 Å². The molecule has 4 nitrogen and oxygen atoms in total. The molecule has 0 atom stereocenters. The Balaban J connectivity index is 2.37. The van der Waals surface area contributed by atoms with Crippen LogP contribution in [-0.2, 0) is 11.3 Å². The topological polar surface area (TPSA) is 59.2 Å². The minimum atomic E-state index is 0.182. The summed E-state index contributed by atoms with van der Waals surface area (Å²) in [4.78, 5) is 18.8. The highest BCUT2D eigenvalue weighted by Gasteiger charge is 2.11. The van der Waals surface area contributed by atoms with E-state index < -0.39 is 0 Å². The van der Waals surface area contributed by atoms with Crippen LogP contribution in [0.2, 0.25) is 0 Å². The monoisotopic (exact) mass is 241 g/mol. The van der Waals surface area contributed by atoms with Gasteiger partial charge < -0.3 is 10.6 Å². The van der Waals surface area contributed by atoms with E-state index in [0.29, 0.717) is 19.5 Å². The quantitative estimate of drug-likeness (QED) is 0.769. The lowest BCUT2D eigenvalue weighted by Gasteiger charge is -2.16. The summed E-state index contributed by atoms with van der Waals surface area (Å²) in [6, 6.07) is 0. The summed E-state index contributed by atoms with van der Waals surface area (Å²) in [6.07, 6.45) is 2.38. The van der Waals surface area contributed by atoms with Crippen molar-refractivity contribution >= 4 is 17.2 Å². The molecule has 1 aromatic rings. The molecule has 0 aliphatic heterocycles. The van der Waals surface area contributed by atoms with Gasteiger partial charge in [-0.3, -0.25) is 4.79 Å². The summed E-state index contributed by atoms with van der Waals surface area (Å²) in [6.45, 7) is 3.29. The molecule has 0 saturated carbocycles. The third-order valence-corrected chi connectivity index (χ3v) is 3.42. The summed E-state index contributed by atoms with van der Waals surface area (Å²) in [7, 11) is 1.84. The number of unbranched alkanes of at least 4 members (excludes halogenated alkanes) is 1. The van der Waals surface area contributed by atoms with Gasteiger partial charge in [0, 0.05) is 18.3 Å². The first-order chi connectivity index (χ1) is 7.65. The fourth-order valence-electron chi connectivity index (χ4n) is 1.39. The van der Waals surface area contributed by atoms with E-state index in [0.717, 1.165) is 23.4 Å². The zero-order chi connectivity index (χ0) is 12.0. The molecule has 0 aromatic carbocycles. The van der Waals surface area contributed by atoms with E-state index in [9.17, 15) is 4.79 Å². The number of amides is 1. The SMILES string of the molecule is Cc1ncsc1CN(C)C(=O)CCCCN. The summed E-state index contributed by atoms with van der Waals surface area (Å²) in [5.41, 5.74) is 8.23. The van der Waals surface area contributed by atoms with Crippen molar-refractivity contribution in [2.45, 2.75) is 32.7 Å². The minimum Gasteiger partial charge on any atom is -0.341 e. The Labute approximate surface area is 100 Å². The maximum absolute atomic E-state index is 11.7. The van der Waals surface area contributed by atoms with E-state index in [1.54, 1.807) is 16.2 Å². The molecule has 1 rings (SSSR count). The van der Waals surface area contributed by atoms with E-state index in [-0.39, 0.29) is 5.91 Å². The summed E-state index contributed by atoms with van der Waals surface area (Å²) >= 11 is 1.60. The Kier molecular flexibility index (Phi) is 5.42. The van der Waals surface area contributed by atoms with Crippen LogP contribution >= 0.6 is 11.3 Å². The third-order valence-electron chi connectivity index (χ3n) is 2.50. The normalized spacial score (nSPS) is 10.4. The van der Waals surface area contributed by atoms with Gasteiger partial charge >= 0.3 is 0 Å². The largest absolute Gasteiger partial charge is 0.341 e.